The summed E-state index contributed by atoms with van der Waals surface area (Å²) in [6, 6.07) is 6.15. The third kappa shape index (κ3) is 4.88. The number of rotatable bonds is 6. The first-order chi connectivity index (χ1) is 14.5. The molecule has 1 fully saturated rings. The molecule has 30 heavy (non-hydrogen) atoms. The van der Waals surface area contributed by atoms with Crippen molar-refractivity contribution in [3.63, 3.8) is 0 Å². The zero-order valence-corrected chi connectivity index (χ0v) is 17.9. The fourth-order valence-electron chi connectivity index (χ4n) is 3.91. The molecule has 0 aliphatic heterocycles. The zero-order chi connectivity index (χ0) is 21.1. The molecule has 3 N–H and O–H groups in total. The van der Waals surface area contributed by atoms with Crippen LogP contribution >= 0.6 is 11.6 Å². The summed E-state index contributed by atoms with van der Waals surface area (Å²) in [4.78, 5) is 30.4. The van der Waals surface area contributed by atoms with Gasteiger partial charge in [-0.3, -0.25) is 4.79 Å². The van der Waals surface area contributed by atoms with Gasteiger partial charge in [-0.15, -0.1) is 0 Å². The van der Waals surface area contributed by atoms with Gasteiger partial charge in [0.1, 0.15) is 10.8 Å². The van der Waals surface area contributed by atoms with Gasteiger partial charge in [0, 0.05) is 41.5 Å². The van der Waals surface area contributed by atoms with Crippen LogP contribution in [0, 0.1) is 0 Å². The van der Waals surface area contributed by atoms with Crippen LogP contribution < -0.4 is 10.6 Å². The molecule has 9 heteroatoms. The zero-order valence-electron chi connectivity index (χ0n) is 17.2. The standard InChI is InChI=1S/C21H26ClN7O/c1-29(2)12-19(30)25-13-5-7-14(8-6-13)26-21-27-17(10-18(22)28-21)16-11-24-20-15(16)4-3-9-23-20/h3-4,9-11,13-14H,5-8,12H2,1-2H3,(H,23,24)(H,25,30)(H,26,27,28)/t13-,14-. The van der Waals surface area contributed by atoms with E-state index in [2.05, 4.69) is 25.6 Å². The van der Waals surface area contributed by atoms with Crippen LogP contribution in [-0.4, -0.2) is 63.5 Å². The average molecular weight is 428 g/mol. The number of aromatic amines is 1. The lowest BCUT2D eigenvalue weighted by Crippen LogP contribution is -2.43. The maximum absolute atomic E-state index is 12.0. The molecule has 4 rings (SSSR count). The van der Waals surface area contributed by atoms with Crippen LogP contribution in [0.2, 0.25) is 5.15 Å². The molecule has 1 aliphatic carbocycles. The van der Waals surface area contributed by atoms with E-state index in [0.717, 1.165) is 48.0 Å². The van der Waals surface area contributed by atoms with E-state index in [1.54, 1.807) is 12.3 Å². The lowest BCUT2D eigenvalue weighted by molar-refractivity contribution is -0.122. The van der Waals surface area contributed by atoms with Gasteiger partial charge >= 0.3 is 0 Å². The molecule has 0 spiro atoms. The Balaban J connectivity index is 1.41. The van der Waals surface area contributed by atoms with E-state index in [1.807, 2.05) is 37.3 Å². The number of carbonyl (C=O) groups is 1. The van der Waals surface area contributed by atoms with Gasteiger partial charge in [0.25, 0.3) is 0 Å². The van der Waals surface area contributed by atoms with Crippen molar-refractivity contribution in [3.05, 3.63) is 35.7 Å². The Kier molecular flexibility index (Phi) is 6.15. The van der Waals surface area contributed by atoms with E-state index in [4.69, 9.17) is 16.6 Å². The summed E-state index contributed by atoms with van der Waals surface area (Å²) < 4.78 is 0. The number of nitrogens with zero attached hydrogens (tertiary/aromatic N) is 4. The highest BCUT2D eigenvalue weighted by Crippen LogP contribution is 2.29. The molecule has 3 heterocycles. The first-order valence-corrected chi connectivity index (χ1v) is 10.5. The van der Waals surface area contributed by atoms with Gasteiger partial charge in [-0.1, -0.05) is 11.6 Å². The van der Waals surface area contributed by atoms with Gasteiger partial charge in [0.05, 0.1) is 12.2 Å². The third-order valence-corrected chi connectivity index (χ3v) is 5.50. The molecule has 8 nitrogen and oxygen atoms in total. The van der Waals surface area contributed by atoms with Crippen molar-refractivity contribution >= 4 is 34.5 Å². The Morgan fingerprint density at radius 1 is 1.23 bits per heavy atom. The van der Waals surface area contributed by atoms with E-state index in [1.165, 1.54) is 0 Å². The molecule has 0 atom stereocenters. The maximum Gasteiger partial charge on any atom is 0.234 e. The van der Waals surface area contributed by atoms with Gasteiger partial charge in [0.2, 0.25) is 11.9 Å². The highest BCUT2D eigenvalue weighted by molar-refractivity contribution is 6.29. The van der Waals surface area contributed by atoms with Gasteiger partial charge in [-0.25, -0.2) is 15.0 Å². The number of hydrogen-bond donors (Lipinski definition) is 3. The number of amides is 1. The number of aromatic nitrogens is 4. The molecule has 0 unspecified atom stereocenters. The Morgan fingerprint density at radius 2 is 2.00 bits per heavy atom. The van der Waals surface area contributed by atoms with Gasteiger partial charge in [-0.05, 0) is 51.9 Å². The minimum Gasteiger partial charge on any atom is -0.352 e. The molecular formula is C21H26ClN7O. The molecule has 0 aromatic carbocycles. The molecule has 1 saturated carbocycles. The Morgan fingerprint density at radius 3 is 2.77 bits per heavy atom. The van der Waals surface area contributed by atoms with Crippen molar-refractivity contribution in [2.24, 2.45) is 0 Å². The van der Waals surface area contributed by atoms with E-state index < -0.39 is 0 Å². The van der Waals surface area contributed by atoms with Crippen LogP contribution in [0.1, 0.15) is 25.7 Å². The molecule has 0 bridgehead atoms. The molecule has 3 aromatic rings. The quantitative estimate of drug-likeness (QED) is 0.523. The van der Waals surface area contributed by atoms with Crippen molar-refractivity contribution < 1.29 is 4.79 Å². The summed E-state index contributed by atoms with van der Waals surface area (Å²) in [5, 5.41) is 7.93. The second kappa shape index (κ2) is 8.97. The maximum atomic E-state index is 12.0. The monoisotopic (exact) mass is 427 g/mol. The normalized spacial score (nSPS) is 19.2. The second-order valence-corrected chi connectivity index (χ2v) is 8.39. The fraction of sp³-hybridized carbons (Fsp3) is 0.429. The Hall–Kier alpha value is -2.71. The van der Waals surface area contributed by atoms with E-state index >= 15 is 0 Å². The number of carbonyl (C=O) groups excluding carboxylic acids is 1. The summed E-state index contributed by atoms with van der Waals surface area (Å²) >= 11 is 6.29. The number of likely N-dealkylation sites (N-methyl/N-ethyl adjacent to an activating group) is 1. The molecule has 158 valence electrons. The lowest BCUT2D eigenvalue weighted by atomic mass is 9.91. The Labute approximate surface area is 180 Å². The number of pyridine rings is 1. The molecule has 0 radical (unpaired) electrons. The molecular weight excluding hydrogens is 402 g/mol. The van der Waals surface area contributed by atoms with Crippen LogP contribution in [0.15, 0.2) is 30.6 Å². The predicted octanol–water partition coefficient (Wildman–Crippen LogP) is 3.07. The topological polar surface area (TPSA) is 98.8 Å². The number of fused-ring (bicyclic) bond motifs is 1. The number of halogens is 1. The number of H-pyrrole nitrogens is 1. The summed E-state index contributed by atoms with van der Waals surface area (Å²) in [7, 11) is 3.79. The van der Waals surface area contributed by atoms with Gasteiger partial charge in [0.15, 0.2) is 0 Å². The van der Waals surface area contributed by atoms with Crippen LogP contribution in [0.4, 0.5) is 5.95 Å². The van der Waals surface area contributed by atoms with Crippen LogP contribution in [0.5, 0.6) is 0 Å². The van der Waals surface area contributed by atoms with Gasteiger partial charge < -0.3 is 20.5 Å². The summed E-state index contributed by atoms with van der Waals surface area (Å²) in [6.07, 6.45) is 7.38. The summed E-state index contributed by atoms with van der Waals surface area (Å²) in [5.41, 5.74) is 2.51. The van der Waals surface area contributed by atoms with Crippen molar-refractivity contribution in [3.8, 4) is 11.3 Å². The van der Waals surface area contributed by atoms with E-state index in [9.17, 15) is 4.79 Å². The van der Waals surface area contributed by atoms with Crippen molar-refractivity contribution in [1.29, 1.82) is 0 Å². The van der Waals surface area contributed by atoms with Crippen molar-refractivity contribution in [2.75, 3.05) is 26.0 Å². The van der Waals surface area contributed by atoms with E-state index in [-0.39, 0.29) is 18.0 Å². The number of hydrogen-bond acceptors (Lipinski definition) is 6. The van der Waals surface area contributed by atoms with Gasteiger partial charge in [-0.2, -0.15) is 0 Å². The summed E-state index contributed by atoms with van der Waals surface area (Å²) in [5.74, 6) is 0.600. The third-order valence-electron chi connectivity index (χ3n) is 5.31. The first kappa shape index (κ1) is 20.6. The lowest BCUT2D eigenvalue weighted by Gasteiger charge is -2.30. The smallest absolute Gasteiger partial charge is 0.234 e. The molecule has 1 amide bonds. The first-order valence-electron chi connectivity index (χ1n) is 10.2. The minimum atomic E-state index is 0.0763. The van der Waals surface area contributed by atoms with Crippen molar-refractivity contribution in [1.82, 2.24) is 30.2 Å². The van der Waals surface area contributed by atoms with Crippen LogP contribution in [0.3, 0.4) is 0 Å². The average Bonchev–Trinajstić information content (AvgIpc) is 3.13. The minimum absolute atomic E-state index is 0.0763. The molecule has 1 aliphatic rings. The molecule has 3 aromatic heterocycles. The van der Waals surface area contributed by atoms with Crippen LogP contribution in [0.25, 0.3) is 22.3 Å². The highest BCUT2D eigenvalue weighted by atomic mass is 35.5. The Bertz CT molecular complexity index is 1030. The van der Waals surface area contributed by atoms with Crippen molar-refractivity contribution in [2.45, 2.75) is 37.8 Å². The predicted molar refractivity (Wildman–Crippen MR) is 118 cm³/mol. The summed E-state index contributed by atoms with van der Waals surface area (Å²) in [6.45, 7) is 0.417. The second-order valence-electron chi connectivity index (χ2n) is 8.00. The number of anilines is 1. The highest BCUT2D eigenvalue weighted by Gasteiger charge is 2.23. The number of nitrogens with one attached hydrogen (secondary N) is 3. The SMILES string of the molecule is CN(C)CC(=O)N[C@H]1CC[C@H](Nc2nc(Cl)cc(-c3c[nH]c4ncccc34)n2)CC1. The van der Waals surface area contributed by atoms with E-state index in [0.29, 0.717) is 17.6 Å². The molecule has 0 saturated heterocycles. The largest absolute Gasteiger partial charge is 0.352 e. The fourth-order valence-corrected chi connectivity index (χ4v) is 4.10. The van der Waals surface area contributed by atoms with Crippen LogP contribution in [-0.2, 0) is 4.79 Å².